The van der Waals surface area contributed by atoms with E-state index in [1.54, 1.807) is 0 Å². The van der Waals surface area contributed by atoms with Gasteiger partial charge in [0.25, 0.3) is 0 Å². The fourth-order valence-electron chi connectivity index (χ4n) is 21.7. The van der Waals surface area contributed by atoms with Crippen molar-refractivity contribution in [2.24, 2.45) is 0 Å². The second-order valence-corrected chi connectivity index (χ2v) is 36.5. The zero-order chi connectivity index (χ0) is 108. The number of para-hydroxylation sites is 2. The molecule has 0 aliphatic carbocycles. The Morgan fingerprint density at radius 3 is 1.09 bits per heavy atom. The molecule has 0 saturated carbocycles. The second-order valence-electron chi connectivity index (χ2n) is 36.5. The van der Waals surface area contributed by atoms with Gasteiger partial charge in [-0.15, -0.1) is 0 Å². The highest BCUT2D eigenvalue weighted by Gasteiger charge is 2.28. The average molecular weight is 1800 g/mol. The highest BCUT2D eigenvalue weighted by atomic mass is 16.3. The quantitative estimate of drug-likeness (QED) is 0.128. The Balaban J connectivity index is 0.000000152. The highest BCUT2D eigenvalue weighted by Crippen LogP contribution is 2.54. The molecule has 27 aromatic rings. The summed E-state index contributed by atoms with van der Waals surface area (Å²) in [4.78, 5) is 0. The van der Waals surface area contributed by atoms with E-state index in [-0.39, 0.29) is 5.41 Å². The standard InChI is InChI=1S/C50H36O.C44H28O.C38H24O.3CH4.6H2/c1-50(2,3)34-27-25-32-15-10-21-36(44(32)30-34)42-23-12-24-43-45-29-33(26-28-46(45)51-49(42)43)47-38-17-6-8-19-40(38)48(41-20-9-7-18-39(41)47)37-22-11-14-31-13-4-5-16-35(31)37;1-4-14-29(15-5-1)32-26-27-36-40(28-32)45-39-25-13-24-37(43(36)39)42-35-21-11-10-20-34(35)41(31-18-8-3-9-19-31)44-33(22-12-23-38(42)44)30-16-6-2-7-17-30;1-3-13-25(14-4-1)27-21-11-23-33-37-32(22-12-24-34(37)39-38(27)33)36-30-19-9-7-17-28(30)35(26-15-5-2-6-16-26)29-18-8-10-20-31(29)36;;;;;;;;;/h4-30H,1-3H3;1-28H;1-24H;3*1H4;6*1H/i;;;3*1D;6*1+1D. The summed E-state index contributed by atoms with van der Waals surface area (Å²) in [6, 6.07) is 173. The SMILES string of the molecule is CC(C)(C)c1ccc2cccc(-c3cccc4c3oc3ccc(-c5c6ccccc6c(-c6cccc7ccccc67)c6ccccc56)cc34)c2c1.[2H]C.[2H]C.[2H]C.[2H][2H].[2H][2H].[2H][2H].[2H][2H].[2H][2H].[2H][2H].c1ccc(-c2c3ccccc3c(-c3cccc4oc5c(-c6ccccc6)cccc5c34)c3ccccc23)cc1.c1ccc(-c2ccc3c(c2)oc2cccc(-c4c5ccccc5c(-c5ccccc5)c5c(-c6ccccc6)cccc45)c23)cc1. The van der Waals surface area contributed by atoms with E-state index in [4.69, 9.17) is 35.2 Å². The maximum Gasteiger partial charge on any atom is 0.143 e. The molecule has 3 heterocycles. The zero-order valence-corrected chi connectivity index (χ0v) is 77.8. The van der Waals surface area contributed by atoms with Gasteiger partial charge in [-0.05, 0) is 240 Å². The van der Waals surface area contributed by atoms with Crippen molar-refractivity contribution >= 4 is 152 Å². The molecule has 3 nitrogen and oxygen atoms in total. The topological polar surface area (TPSA) is 39.4 Å². The molecule has 3 aromatic heterocycles. The molecule has 0 bridgehead atoms. The third-order valence-corrected chi connectivity index (χ3v) is 27.8. The number of furan rings is 3. The van der Waals surface area contributed by atoms with Gasteiger partial charge in [0, 0.05) is 65.4 Å². The molecule has 0 aliphatic heterocycles. The van der Waals surface area contributed by atoms with Crippen LogP contribution in [0.5, 0.6) is 0 Å². The third-order valence-electron chi connectivity index (χ3n) is 27.8. The van der Waals surface area contributed by atoms with Crippen molar-refractivity contribution in [1.82, 2.24) is 0 Å². The van der Waals surface area contributed by atoms with Gasteiger partial charge in [-0.1, -0.05) is 480 Å². The van der Waals surface area contributed by atoms with E-state index in [9.17, 15) is 0 Å². The monoisotopic (exact) mass is 1800 g/mol. The summed E-state index contributed by atoms with van der Waals surface area (Å²) in [5.41, 5.74) is 31.1. The van der Waals surface area contributed by atoms with Crippen molar-refractivity contribution in [3.63, 3.8) is 0 Å². The molecule has 3 heteroatoms. The highest BCUT2D eigenvalue weighted by molar-refractivity contribution is 6.31. The van der Waals surface area contributed by atoms with E-state index in [1.165, 1.54) is 203 Å². The summed E-state index contributed by atoms with van der Waals surface area (Å²) < 4.78 is 97.2. The van der Waals surface area contributed by atoms with Gasteiger partial charge in [0.15, 0.2) is 0 Å². The minimum absolute atomic E-state index is 0.0600. The average Bonchev–Trinajstić information content (AvgIpc) is 1.67. The van der Waals surface area contributed by atoms with Crippen LogP contribution in [-0.4, -0.2) is 0 Å². The van der Waals surface area contributed by atoms with Crippen molar-refractivity contribution < 1.29 is 35.2 Å². The molecule has 0 spiro atoms. The van der Waals surface area contributed by atoms with E-state index in [0.717, 1.165) is 88.1 Å². The Bertz CT molecular complexity index is 9330. The Hall–Kier alpha value is -17.2. The van der Waals surface area contributed by atoms with Crippen LogP contribution in [0.15, 0.2) is 492 Å². The second kappa shape index (κ2) is 35.6. The van der Waals surface area contributed by atoms with Crippen molar-refractivity contribution in [3.05, 3.63) is 485 Å². The largest absolute Gasteiger partial charge is 0.456 e. The molecule has 0 aliphatic rings. The molecule has 670 valence electrons. The van der Waals surface area contributed by atoms with Gasteiger partial charge >= 0.3 is 0 Å². The van der Waals surface area contributed by atoms with Crippen LogP contribution in [0.2, 0.25) is 0 Å². The fourth-order valence-corrected chi connectivity index (χ4v) is 21.7. The summed E-state index contributed by atoms with van der Waals surface area (Å²) in [7, 11) is 3.75. The maximum absolute atomic E-state index is 6.77. The van der Waals surface area contributed by atoms with Crippen LogP contribution in [0, 0.1) is 0 Å². The molecule has 138 heavy (non-hydrogen) atoms. The van der Waals surface area contributed by atoms with Crippen molar-refractivity contribution in [2.45, 2.75) is 48.4 Å². The first-order valence-electron chi connectivity index (χ1n) is 55.7. The van der Waals surface area contributed by atoms with Crippen LogP contribution in [-0.2, 0) is 5.41 Å². The first kappa shape index (κ1) is 76.2. The minimum Gasteiger partial charge on any atom is -0.456 e. The molecule has 0 saturated heterocycles. The number of hydrogen-bond acceptors (Lipinski definition) is 3. The van der Waals surface area contributed by atoms with Crippen LogP contribution in [0.3, 0.4) is 0 Å². The van der Waals surface area contributed by atoms with E-state index in [0.29, 0.717) is 0 Å². The molecule has 0 amide bonds. The predicted octanol–water partition coefficient (Wildman–Crippen LogP) is 41.3. The zero-order valence-electron chi connectivity index (χ0n) is 92.8. The van der Waals surface area contributed by atoms with Crippen LogP contribution >= 0.6 is 0 Å². The number of benzene rings is 24. The van der Waals surface area contributed by atoms with Crippen LogP contribution in [0.1, 0.15) is 70.5 Å². The molecule has 0 atom stereocenters. The number of hydrogen-bond donors (Lipinski definition) is 0. The van der Waals surface area contributed by atoms with Gasteiger partial charge in [0.05, 0.1) is 0 Å². The molecule has 0 unspecified atom stereocenters. The van der Waals surface area contributed by atoms with Crippen LogP contribution in [0.25, 0.3) is 263 Å². The summed E-state index contributed by atoms with van der Waals surface area (Å²) in [5, 5.41) is 26.8. The van der Waals surface area contributed by atoms with Crippen molar-refractivity contribution in [3.8, 4) is 111 Å². The molecule has 0 N–H and O–H groups in total. The molecular formula is C135H112O3. The summed E-state index contributed by atoms with van der Waals surface area (Å²) in [6.45, 7) is 6.83. The molecule has 27 rings (SSSR count). The first-order chi connectivity index (χ1) is 75.7. The lowest BCUT2D eigenvalue weighted by Crippen LogP contribution is -2.10. The van der Waals surface area contributed by atoms with Crippen LogP contribution < -0.4 is 0 Å². The van der Waals surface area contributed by atoms with E-state index in [2.05, 4.69) is 500 Å². The van der Waals surface area contributed by atoms with Gasteiger partial charge in [-0.2, -0.15) is 0 Å². The smallest absolute Gasteiger partial charge is 0.143 e. The van der Waals surface area contributed by atoms with Crippen molar-refractivity contribution in [1.29, 1.82) is 0 Å². The lowest BCUT2D eigenvalue weighted by atomic mass is 9.82. The molecular weight excluding hydrogens is 1670 g/mol. The Kier molecular flexibility index (Phi) is 19.7. The lowest BCUT2D eigenvalue weighted by molar-refractivity contribution is 0.591. The summed E-state index contributed by atoms with van der Waals surface area (Å²) in [6.07, 6.45) is 0. The van der Waals surface area contributed by atoms with E-state index < -0.39 is 0 Å². The van der Waals surface area contributed by atoms with Gasteiger partial charge < -0.3 is 13.3 Å². The molecule has 24 aromatic carbocycles. The van der Waals surface area contributed by atoms with Gasteiger partial charge in [-0.3, -0.25) is 0 Å². The first-order valence-corrected chi connectivity index (χ1v) is 46.7. The number of rotatable bonds is 10. The van der Waals surface area contributed by atoms with E-state index in [1.807, 2.05) is 0 Å². The summed E-state index contributed by atoms with van der Waals surface area (Å²) >= 11 is 0. The Morgan fingerprint density at radius 1 is 0.181 bits per heavy atom. The summed E-state index contributed by atoms with van der Waals surface area (Å²) in [5.74, 6) is 0. The lowest BCUT2D eigenvalue weighted by Gasteiger charge is -2.20. The normalized spacial score (nSPS) is 12.1. The Morgan fingerprint density at radius 2 is 0.536 bits per heavy atom. The maximum atomic E-state index is 6.77. The van der Waals surface area contributed by atoms with Gasteiger partial charge in [0.2, 0.25) is 0 Å². The number of fused-ring (bicyclic) bond motifs is 17. The predicted molar refractivity (Wildman–Crippen MR) is 607 cm³/mol. The van der Waals surface area contributed by atoms with Crippen molar-refractivity contribution in [2.75, 3.05) is 0 Å². The fraction of sp³-hybridized carbons (Fsp3) is 0.0519. The molecule has 0 fully saturated rings. The minimum atomic E-state index is 0.0600. The molecule has 0 radical (unpaired) electrons. The van der Waals surface area contributed by atoms with Crippen LogP contribution in [0.4, 0.5) is 0 Å². The van der Waals surface area contributed by atoms with E-state index >= 15 is 0 Å². The van der Waals surface area contributed by atoms with Gasteiger partial charge in [-0.25, -0.2) is 0 Å². The van der Waals surface area contributed by atoms with Gasteiger partial charge in [0.1, 0.15) is 33.5 Å². The Labute approximate surface area is 826 Å². The third kappa shape index (κ3) is 14.6.